The second-order valence-electron chi connectivity index (χ2n) is 8.06. The van der Waals surface area contributed by atoms with Crippen LogP contribution < -0.4 is 15.4 Å². The minimum absolute atomic E-state index is 0.0947. The summed E-state index contributed by atoms with van der Waals surface area (Å²) in [7, 11) is 1.96. The molecule has 3 heterocycles. The lowest BCUT2D eigenvalue weighted by Crippen LogP contribution is -2.40. The quantitative estimate of drug-likeness (QED) is 0.388. The number of nitrogens with zero attached hydrogens (tertiary/aromatic N) is 3. The Hall–Kier alpha value is -3.79. The lowest BCUT2D eigenvalue weighted by atomic mass is 10.2. The molecule has 0 atom stereocenters. The summed E-state index contributed by atoms with van der Waals surface area (Å²) in [6.07, 6.45) is -3.67. The number of benzene rings is 2. The molecule has 7 nitrogen and oxygen atoms in total. The number of ether oxygens (including phenoxy) is 2. The van der Waals surface area contributed by atoms with Crippen LogP contribution in [0.25, 0.3) is 11.0 Å². The first-order valence-corrected chi connectivity index (χ1v) is 10.7. The number of rotatable bonds is 7. The molecule has 0 unspecified atom stereocenters. The molecule has 0 amide bonds. The van der Waals surface area contributed by atoms with Crippen LogP contribution in [-0.2, 0) is 24.5 Å². The molecule has 0 aliphatic carbocycles. The van der Waals surface area contributed by atoms with Crippen molar-refractivity contribution in [2.75, 3.05) is 23.8 Å². The number of fused-ring (bicyclic) bond motifs is 1. The fraction of sp³-hybridized carbons (Fsp3) is 0.250. The molecule has 0 bridgehead atoms. The van der Waals surface area contributed by atoms with Gasteiger partial charge in [0.1, 0.15) is 5.75 Å². The zero-order valence-electron chi connectivity index (χ0n) is 18.3. The van der Waals surface area contributed by atoms with Crippen molar-refractivity contribution in [2.24, 2.45) is 7.05 Å². The van der Waals surface area contributed by atoms with Gasteiger partial charge in [0.25, 0.3) is 0 Å². The Morgan fingerprint density at radius 2 is 1.88 bits per heavy atom. The Morgan fingerprint density at radius 3 is 2.53 bits per heavy atom. The van der Waals surface area contributed by atoms with Gasteiger partial charge in [0, 0.05) is 31.5 Å². The first-order chi connectivity index (χ1) is 16.3. The van der Waals surface area contributed by atoms with Crippen LogP contribution in [0.15, 0.2) is 60.8 Å². The number of anilines is 2. The standard InChI is InChI=1S/C24H22F3N5O2/c1-32-21-10-17(30-18-13-33-14-18)5-8-20(21)31-23(32)29-11-15-2-6-19(7-3-15)34-22-9-4-16(12-28-22)24(25,26)27/h2-10,12,18,30H,11,13-14H2,1H3,(H,29,31). The number of halogens is 3. The minimum atomic E-state index is -4.43. The van der Waals surface area contributed by atoms with Crippen LogP contribution in [0.1, 0.15) is 11.1 Å². The molecule has 10 heteroatoms. The number of hydrogen-bond donors (Lipinski definition) is 2. The molecule has 1 aliphatic rings. The first-order valence-electron chi connectivity index (χ1n) is 10.7. The largest absolute Gasteiger partial charge is 0.439 e. The molecular formula is C24H22F3N5O2. The average Bonchev–Trinajstić information content (AvgIpc) is 3.11. The second kappa shape index (κ2) is 8.86. The van der Waals surface area contributed by atoms with Gasteiger partial charge in [0.15, 0.2) is 0 Å². The van der Waals surface area contributed by atoms with E-state index in [0.29, 0.717) is 18.3 Å². The number of alkyl halides is 3. The van der Waals surface area contributed by atoms with Crippen molar-refractivity contribution >= 4 is 22.7 Å². The van der Waals surface area contributed by atoms with Gasteiger partial charge < -0.3 is 24.7 Å². The van der Waals surface area contributed by atoms with E-state index < -0.39 is 11.7 Å². The van der Waals surface area contributed by atoms with E-state index in [0.717, 1.165) is 53.7 Å². The molecular weight excluding hydrogens is 447 g/mol. The molecule has 2 N–H and O–H groups in total. The Morgan fingerprint density at radius 1 is 1.09 bits per heavy atom. The third kappa shape index (κ3) is 4.76. The van der Waals surface area contributed by atoms with Crippen LogP contribution >= 0.6 is 0 Å². The number of pyridine rings is 1. The number of nitrogens with one attached hydrogen (secondary N) is 2. The van der Waals surface area contributed by atoms with Crippen molar-refractivity contribution < 1.29 is 22.6 Å². The van der Waals surface area contributed by atoms with Gasteiger partial charge in [0.05, 0.1) is 35.9 Å². The van der Waals surface area contributed by atoms with Crippen molar-refractivity contribution in [1.82, 2.24) is 14.5 Å². The highest BCUT2D eigenvalue weighted by Gasteiger charge is 2.30. The Bertz CT molecular complexity index is 1280. The van der Waals surface area contributed by atoms with Crippen LogP contribution in [0.3, 0.4) is 0 Å². The zero-order valence-corrected chi connectivity index (χ0v) is 18.3. The summed E-state index contributed by atoms with van der Waals surface area (Å²) < 4.78 is 50.7. The fourth-order valence-corrected chi connectivity index (χ4v) is 3.58. The van der Waals surface area contributed by atoms with E-state index in [1.165, 1.54) is 6.07 Å². The van der Waals surface area contributed by atoms with Crippen molar-refractivity contribution in [3.8, 4) is 11.6 Å². The van der Waals surface area contributed by atoms with Gasteiger partial charge in [-0.15, -0.1) is 0 Å². The maximum atomic E-state index is 12.7. The molecule has 0 saturated carbocycles. The molecule has 5 rings (SSSR count). The molecule has 34 heavy (non-hydrogen) atoms. The van der Waals surface area contributed by atoms with Crippen LogP contribution in [0.2, 0.25) is 0 Å². The smallest absolute Gasteiger partial charge is 0.417 e. The monoisotopic (exact) mass is 469 g/mol. The average molecular weight is 469 g/mol. The van der Waals surface area contributed by atoms with Gasteiger partial charge in [-0.25, -0.2) is 9.97 Å². The highest BCUT2D eigenvalue weighted by atomic mass is 19.4. The maximum absolute atomic E-state index is 12.7. The van der Waals surface area contributed by atoms with Gasteiger partial charge in [-0.05, 0) is 42.0 Å². The van der Waals surface area contributed by atoms with E-state index in [9.17, 15) is 13.2 Å². The summed E-state index contributed by atoms with van der Waals surface area (Å²) in [5, 5.41) is 6.79. The van der Waals surface area contributed by atoms with Gasteiger partial charge in [-0.2, -0.15) is 13.2 Å². The van der Waals surface area contributed by atoms with Crippen LogP contribution in [-0.4, -0.2) is 33.8 Å². The Kier molecular flexibility index (Phi) is 5.74. The normalized spacial score (nSPS) is 14.1. The second-order valence-corrected chi connectivity index (χ2v) is 8.06. The Balaban J connectivity index is 1.21. The predicted octanol–water partition coefficient (Wildman–Crippen LogP) is 5.20. The molecule has 2 aromatic heterocycles. The van der Waals surface area contributed by atoms with Gasteiger partial charge in [-0.3, -0.25) is 0 Å². The third-order valence-corrected chi connectivity index (χ3v) is 5.55. The van der Waals surface area contributed by atoms with Crippen LogP contribution in [0.5, 0.6) is 11.6 Å². The molecule has 0 radical (unpaired) electrons. The SMILES string of the molecule is Cn1c(NCc2ccc(Oc3ccc(C(F)(F)F)cn3)cc2)nc2ccc(NC3COC3)cc21. The first kappa shape index (κ1) is 22.0. The van der Waals surface area contributed by atoms with Gasteiger partial charge in [0.2, 0.25) is 11.8 Å². The Labute approximate surface area is 193 Å². The predicted molar refractivity (Wildman–Crippen MR) is 122 cm³/mol. The lowest BCUT2D eigenvalue weighted by molar-refractivity contribution is -0.137. The summed E-state index contributed by atoms with van der Waals surface area (Å²) in [6, 6.07) is 15.8. The number of aromatic nitrogens is 3. The summed E-state index contributed by atoms with van der Waals surface area (Å²) in [6.45, 7) is 1.99. The minimum Gasteiger partial charge on any atom is -0.439 e. The van der Waals surface area contributed by atoms with Crippen molar-refractivity contribution in [3.05, 3.63) is 71.9 Å². The summed E-state index contributed by atoms with van der Waals surface area (Å²) >= 11 is 0. The van der Waals surface area contributed by atoms with E-state index in [-0.39, 0.29) is 5.88 Å². The summed E-state index contributed by atoms with van der Waals surface area (Å²) in [5.74, 6) is 1.32. The zero-order chi connectivity index (χ0) is 23.7. The fourth-order valence-electron chi connectivity index (χ4n) is 3.58. The highest BCUT2D eigenvalue weighted by Crippen LogP contribution is 2.30. The van der Waals surface area contributed by atoms with E-state index in [4.69, 9.17) is 9.47 Å². The maximum Gasteiger partial charge on any atom is 0.417 e. The van der Waals surface area contributed by atoms with Gasteiger partial charge >= 0.3 is 6.18 Å². The number of hydrogen-bond acceptors (Lipinski definition) is 6. The molecule has 0 spiro atoms. The molecule has 4 aromatic rings. The lowest BCUT2D eigenvalue weighted by Gasteiger charge is -2.27. The van der Waals surface area contributed by atoms with Crippen molar-refractivity contribution in [2.45, 2.75) is 18.8 Å². The van der Waals surface area contributed by atoms with E-state index in [2.05, 4.69) is 26.7 Å². The van der Waals surface area contributed by atoms with E-state index >= 15 is 0 Å². The molecule has 1 saturated heterocycles. The number of imidazole rings is 1. The molecule has 1 aliphatic heterocycles. The highest BCUT2D eigenvalue weighted by molar-refractivity contribution is 5.82. The van der Waals surface area contributed by atoms with Crippen molar-refractivity contribution in [1.29, 1.82) is 0 Å². The molecule has 1 fully saturated rings. The molecule has 2 aromatic carbocycles. The summed E-state index contributed by atoms with van der Waals surface area (Å²) in [5.41, 5.74) is 3.12. The molecule has 176 valence electrons. The third-order valence-electron chi connectivity index (χ3n) is 5.55. The van der Waals surface area contributed by atoms with Gasteiger partial charge in [-0.1, -0.05) is 12.1 Å². The summed E-state index contributed by atoms with van der Waals surface area (Å²) in [4.78, 5) is 8.39. The van der Waals surface area contributed by atoms with E-state index in [1.807, 2.05) is 35.9 Å². The topological polar surface area (TPSA) is 73.2 Å². The van der Waals surface area contributed by atoms with Crippen LogP contribution in [0.4, 0.5) is 24.8 Å². The van der Waals surface area contributed by atoms with Crippen LogP contribution in [0, 0.1) is 0 Å². The van der Waals surface area contributed by atoms with E-state index in [1.54, 1.807) is 12.1 Å². The van der Waals surface area contributed by atoms with Crippen molar-refractivity contribution in [3.63, 3.8) is 0 Å². The number of aryl methyl sites for hydroxylation is 1.